The van der Waals surface area contributed by atoms with Gasteiger partial charge in [-0.25, -0.2) is 17.5 Å². The number of benzene rings is 1. The van der Waals surface area contributed by atoms with Gasteiger partial charge in [0.2, 0.25) is 10.0 Å². The topological polar surface area (TPSA) is 58.6 Å². The van der Waals surface area contributed by atoms with Crippen LogP contribution in [0.3, 0.4) is 0 Å². The SMILES string of the molecule is Cl.O=S(=O)(NCCN1CCOCC1)c1ccc(F)c(Cl)c1. The second-order valence-electron chi connectivity index (χ2n) is 4.43. The molecule has 0 bridgehead atoms. The highest BCUT2D eigenvalue weighted by atomic mass is 35.5. The number of ether oxygens (including phenoxy) is 1. The Morgan fingerprint density at radius 3 is 2.62 bits per heavy atom. The summed E-state index contributed by atoms with van der Waals surface area (Å²) in [6.45, 7) is 3.82. The Labute approximate surface area is 134 Å². The number of morpholine rings is 1. The molecule has 1 aliphatic heterocycles. The molecule has 0 amide bonds. The van der Waals surface area contributed by atoms with Gasteiger partial charge in [0.1, 0.15) is 5.82 Å². The highest BCUT2D eigenvalue weighted by Gasteiger charge is 2.16. The molecule has 1 aromatic carbocycles. The van der Waals surface area contributed by atoms with Gasteiger partial charge in [-0.15, -0.1) is 12.4 Å². The molecular formula is C12H17Cl2FN2O3S. The summed E-state index contributed by atoms with van der Waals surface area (Å²) in [5.41, 5.74) is 0. The van der Waals surface area contributed by atoms with Gasteiger partial charge >= 0.3 is 0 Å². The van der Waals surface area contributed by atoms with Crippen molar-refractivity contribution in [2.45, 2.75) is 4.90 Å². The standard InChI is InChI=1S/C12H16ClFN2O3S.ClH/c13-11-9-10(1-2-12(11)14)20(17,18)15-3-4-16-5-7-19-8-6-16;/h1-2,9,15H,3-8H2;1H. The molecule has 21 heavy (non-hydrogen) atoms. The fourth-order valence-corrected chi connectivity index (χ4v) is 3.18. The van der Waals surface area contributed by atoms with Crippen LogP contribution in [0.5, 0.6) is 0 Å². The molecule has 0 atom stereocenters. The fraction of sp³-hybridized carbons (Fsp3) is 0.500. The zero-order chi connectivity index (χ0) is 14.6. The number of rotatable bonds is 5. The molecular weight excluding hydrogens is 342 g/mol. The smallest absolute Gasteiger partial charge is 0.240 e. The Morgan fingerprint density at radius 1 is 1.33 bits per heavy atom. The molecule has 0 unspecified atom stereocenters. The first kappa shape index (κ1) is 18.6. The van der Waals surface area contributed by atoms with Crippen LogP contribution in [0.2, 0.25) is 5.02 Å². The summed E-state index contributed by atoms with van der Waals surface area (Å²) in [6, 6.07) is 3.34. The summed E-state index contributed by atoms with van der Waals surface area (Å²) < 4.78 is 44.7. The second-order valence-corrected chi connectivity index (χ2v) is 6.60. The summed E-state index contributed by atoms with van der Waals surface area (Å²) in [5, 5.41) is -0.207. The molecule has 0 radical (unpaired) electrons. The minimum Gasteiger partial charge on any atom is -0.379 e. The molecule has 0 aromatic heterocycles. The van der Waals surface area contributed by atoms with E-state index in [1.165, 1.54) is 6.07 Å². The van der Waals surface area contributed by atoms with Gasteiger partial charge in [-0.3, -0.25) is 4.90 Å². The molecule has 0 saturated carbocycles. The van der Waals surface area contributed by atoms with Gasteiger partial charge < -0.3 is 4.74 Å². The van der Waals surface area contributed by atoms with Gasteiger partial charge in [0.05, 0.1) is 23.1 Å². The number of hydrogen-bond acceptors (Lipinski definition) is 4. The average Bonchev–Trinajstić information content (AvgIpc) is 2.43. The van der Waals surface area contributed by atoms with Crippen molar-refractivity contribution in [1.82, 2.24) is 9.62 Å². The first-order chi connectivity index (χ1) is 9.49. The van der Waals surface area contributed by atoms with E-state index in [4.69, 9.17) is 16.3 Å². The van der Waals surface area contributed by atoms with Gasteiger partial charge in [0.15, 0.2) is 0 Å². The van der Waals surface area contributed by atoms with Gasteiger partial charge in [0, 0.05) is 26.2 Å². The Bertz CT molecular complexity index is 566. The number of nitrogens with zero attached hydrogens (tertiary/aromatic N) is 1. The first-order valence-electron chi connectivity index (χ1n) is 6.24. The van der Waals surface area contributed by atoms with Crippen molar-refractivity contribution in [3.63, 3.8) is 0 Å². The van der Waals surface area contributed by atoms with Crippen molar-refractivity contribution in [3.05, 3.63) is 29.0 Å². The summed E-state index contributed by atoms with van der Waals surface area (Å²) in [7, 11) is -3.66. The summed E-state index contributed by atoms with van der Waals surface area (Å²) in [4.78, 5) is 2.08. The van der Waals surface area contributed by atoms with E-state index in [0.29, 0.717) is 19.8 Å². The van der Waals surface area contributed by atoms with E-state index < -0.39 is 15.8 Å². The molecule has 1 heterocycles. The predicted octanol–water partition coefficient (Wildman–Crippen LogP) is 1.51. The van der Waals surface area contributed by atoms with Crippen LogP contribution in [0.25, 0.3) is 0 Å². The van der Waals surface area contributed by atoms with Crippen LogP contribution in [-0.2, 0) is 14.8 Å². The molecule has 1 saturated heterocycles. The van der Waals surface area contributed by atoms with Gasteiger partial charge in [-0.1, -0.05) is 11.6 Å². The molecule has 2 rings (SSSR count). The molecule has 1 N–H and O–H groups in total. The normalized spacial score (nSPS) is 16.5. The minimum absolute atomic E-state index is 0. The molecule has 9 heteroatoms. The van der Waals surface area contributed by atoms with E-state index in [0.717, 1.165) is 25.2 Å². The highest BCUT2D eigenvalue weighted by molar-refractivity contribution is 7.89. The number of halogens is 3. The summed E-state index contributed by atoms with van der Waals surface area (Å²) in [6.07, 6.45) is 0. The van der Waals surface area contributed by atoms with Crippen molar-refractivity contribution in [2.24, 2.45) is 0 Å². The number of hydrogen-bond donors (Lipinski definition) is 1. The van der Waals surface area contributed by atoms with Crippen molar-refractivity contribution < 1.29 is 17.5 Å². The number of nitrogens with one attached hydrogen (secondary N) is 1. The first-order valence-corrected chi connectivity index (χ1v) is 8.10. The third kappa shape index (κ3) is 5.36. The lowest BCUT2D eigenvalue weighted by Gasteiger charge is -2.26. The summed E-state index contributed by atoms with van der Waals surface area (Å²) >= 11 is 5.59. The molecule has 0 aliphatic carbocycles. The predicted molar refractivity (Wildman–Crippen MR) is 81.1 cm³/mol. The Balaban J connectivity index is 0.00000220. The third-order valence-corrected chi connectivity index (χ3v) is 4.77. The van der Waals surface area contributed by atoms with E-state index in [1.54, 1.807) is 0 Å². The number of sulfonamides is 1. The molecule has 1 aromatic rings. The van der Waals surface area contributed by atoms with Crippen molar-refractivity contribution in [1.29, 1.82) is 0 Å². The van der Waals surface area contributed by atoms with Crippen molar-refractivity contribution >= 4 is 34.0 Å². The maximum atomic E-state index is 13.0. The van der Waals surface area contributed by atoms with Crippen LogP contribution in [-0.4, -0.2) is 52.7 Å². The Morgan fingerprint density at radius 2 is 2.00 bits per heavy atom. The molecule has 5 nitrogen and oxygen atoms in total. The largest absolute Gasteiger partial charge is 0.379 e. The highest BCUT2D eigenvalue weighted by Crippen LogP contribution is 2.19. The van der Waals surface area contributed by atoms with Gasteiger partial charge in [-0.05, 0) is 18.2 Å². The lowest BCUT2D eigenvalue weighted by molar-refractivity contribution is 0.0390. The fourth-order valence-electron chi connectivity index (χ4n) is 1.89. The van der Waals surface area contributed by atoms with Crippen LogP contribution < -0.4 is 4.72 Å². The molecule has 0 spiro atoms. The zero-order valence-corrected chi connectivity index (χ0v) is 13.6. The van der Waals surface area contributed by atoms with Crippen molar-refractivity contribution in [3.8, 4) is 0 Å². The maximum Gasteiger partial charge on any atom is 0.240 e. The van der Waals surface area contributed by atoms with Gasteiger partial charge in [0.25, 0.3) is 0 Å². The quantitative estimate of drug-likeness (QED) is 0.866. The van der Waals surface area contributed by atoms with E-state index in [-0.39, 0.29) is 28.9 Å². The van der Waals surface area contributed by atoms with E-state index in [2.05, 4.69) is 9.62 Å². The maximum absolute atomic E-state index is 13.0. The summed E-state index contributed by atoms with van der Waals surface area (Å²) in [5.74, 6) is -0.640. The molecule has 1 aliphatic rings. The Kier molecular flexibility index (Phi) is 7.32. The van der Waals surface area contributed by atoms with E-state index in [9.17, 15) is 12.8 Å². The minimum atomic E-state index is -3.66. The van der Waals surface area contributed by atoms with Crippen LogP contribution in [0.1, 0.15) is 0 Å². The van der Waals surface area contributed by atoms with Crippen LogP contribution in [0.15, 0.2) is 23.1 Å². The molecule has 120 valence electrons. The third-order valence-electron chi connectivity index (χ3n) is 3.03. The average molecular weight is 359 g/mol. The molecule has 1 fully saturated rings. The zero-order valence-electron chi connectivity index (χ0n) is 11.2. The van der Waals surface area contributed by atoms with E-state index in [1.807, 2.05) is 0 Å². The van der Waals surface area contributed by atoms with Crippen LogP contribution in [0, 0.1) is 5.82 Å². The van der Waals surface area contributed by atoms with E-state index >= 15 is 0 Å². The van der Waals surface area contributed by atoms with Gasteiger partial charge in [-0.2, -0.15) is 0 Å². The van der Waals surface area contributed by atoms with Crippen LogP contribution in [0.4, 0.5) is 4.39 Å². The van der Waals surface area contributed by atoms with Crippen molar-refractivity contribution in [2.75, 3.05) is 39.4 Å². The lowest BCUT2D eigenvalue weighted by atomic mass is 10.3. The monoisotopic (exact) mass is 358 g/mol. The second kappa shape index (κ2) is 8.26. The lowest BCUT2D eigenvalue weighted by Crippen LogP contribution is -2.41. The Hall–Kier alpha value is -0.440. The van der Waals surface area contributed by atoms with Crippen LogP contribution >= 0.6 is 24.0 Å².